The number of imidazole rings is 1. The van der Waals surface area contributed by atoms with Gasteiger partial charge >= 0.3 is 0 Å². The van der Waals surface area contributed by atoms with Crippen LogP contribution in [-0.2, 0) is 9.47 Å². The lowest BCUT2D eigenvalue weighted by molar-refractivity contribution is -0.00409. The van der Waals surface area contributed by atoms with Crippen molar-refractivity contribution in [1.29, 1.82) is 0 Å². The van der Waals surface area contributed by atoms with Crippen LogP contribution in [0.15, 0.2) is 31.0 Å². The van der Waals surface area contributed by atoms with Crippen molar-refractivity contribution in [2.75, 3.05) is 20.3 Å². The number of nitrogens with zero attached hydrogens (tertiary/aromatic N) is 4. The Morgan fingerprint density at radius 2 is 2.12 bits per heavy atom. The van der Waals surface area contributed by atoms with Crippen LogP contribution < -0.4 is 5.32 Å². The van der Waals surface area contributed by atoms with E-state index in [1.807, 2.05) is 0 Å². The number of hydrogen-bond donors (Lipinski definition) is 1. The van der Waals surface area contributed by atoms with E-state index in [2.05, 4.69) is 20.3 Å². The van der Waals surface area contributed by atoms with Crippen molar-refractivity contribution in [2.45, 2.75) is 37.8 Å². The number of methoxy groups -OCH3 is 1. The van der Waals surface area contributed by atoms with Crippen molar-refractivity contribution in [3.63, 3.8) is 0 Å². The highest BCUT2D eigenvalue weighted by Crippen LogP contribution is 2.21. The summed E-state index contributed by atoms with van der Waals surface area (Å²) in [5, 5.41) is 3.06. The van der Waals surface area contributed by atoms with E-state index in [-0.39, 0.29) is 18.1 Å². The minimum Gasteiger partial charge on any atom is -0.382 e. The number of nitrogens with one attached hydrogen (secondary N) is 1. The van der Waals surface area contributed by atoms with E-state index in [0.29, 0.717) is 24.9 Å². The lowest BCUT2D eigenvalue weighted by Gasteiger charge is -2.29. The molecule has 25 heavy (non-hydrogen) atoms. The molecule has 0 bridgehead atoms. The Kier molecular flexibility index (Phi) is 6.08. The van der Waals surface area contributed by atoms with Crippen LogP contribution in [0.2, 0.25) is 0 Å². The number of carbonyl (C=O) groups excluding carboxylic acids is 1. The molecule has 0 atom stereocenters. The first-order chi connectivity index (χ1) is 12.3. The smallest absolute Gasteiger partial charge is 0.270 e. The van der Waals surface area contributed by atoms with E-state index in [4.69, 9.17) is 9.47 Å². The maximum absolute atomic E-state index is 12.5. The fourth-order valence-corrected chi connectivity index (χ4v) is 2.91. The number of hydrogen-bond acceptors (Lipinski definition) is 6. The van der Waals surface area contributed by atoms with Gasteiger partial charge in [0.05, 0.1) is 19.3 Å². The molecule has 3 rings (SSSR count). The molecule has 2 aromatic rings. The van der Waals surface area contributed by atoms with Gasteiger partial charge in [0, 0.05) is 31.7 Å². The van der Waals surface area contributed by atoms with Crippen LogP contribution in [0.25, 0.3) is 5.95 Å². The number of rotatable bonds is 7. The van der Waals surface area contributed by atoms with Gasteiger partial charge in [-0.2, -0.15) is 0 Å². The summed E-state index contributed by atoms with van der Waals surface area (Å²) >= 11 is 0. The van der Waals surface area contributed by atoms with Crippen LogP contribution in [-0.4, -0.2) is 57.9 Å². The van der Waals surface area contributed by atoms with Gasteiger partial charge in [0.2, 0.25) is 5.95 Å². The van der Waals surface area contributed by atoms with Crippen molar-refractivity contribution < 1.29 is 14.3 Å². The topological polar surface area (TPSA) is 91.2 Å². The molecule has 1 aliphatic carbocycles. The molecule has 2 heterocycles. The molecule has 134 valence electrons. The van der Waals surface area contributed by atoms with Gasteiger partial charge in [-0.3, -0.25) is 9.36 Å². The van der Waals surface area contributed by atoms with Gasteiger partial charge in [-0.1, -0.05) is 0 Å². The fourth-order valence-electron chi connectivity index (χ4n) is 2.91. The second kappa shape index (κ2) is 8.68. The van der Waals surface area contributed by atoms with Crippen molar-refractivity contribution in [3.8, 4) is 5.95 Å². The quantitative estimate of drug-likeness (QED) is 0.762. The van der Waals surface area contributed by atoms with E-state index in [1.54, 1.807) is 42.7 Å². The van der Waals surface area contributed by atoms with Crippen LogP contribution >= 0.6 is 0 Å². The fraction of sp³-hybridized carbons (Fsp3) is 0.529. The zero-order valence-corrected chi connectivity index (χ0v) is 14.3. The first kappa shape index (κ1) is 17.5. The maximum atomic E-state index is 12.5. The largest absolute Gasteiger partial charge is 0.382 e. The molecule has 8 nitrogen and oxygen atoms in total. The Balaban J connectivity index is 1.51. The number of aromatic nitrogens is 4. The van der Waals surface area contributed by atoms with Gasteiger partial charge < -0.3 is 14.8 Å². The Bertz CT molecular complexity index is 669. The second-order valence-electron chi connectivity index (χ2n) is 6.02. The molecule has 0 unspecified atom stereocenters. The highest BCUT2D eigenvalue weighted by molar-refractivity contribution is 5.92. The minimum atomic E-state index is -0.174. The molecule has 0 aliphatic heterocycles. The summed E-state index contributed by atoms with van der Waals surface area (Å²) in [6.07, 6.45) is 10.5. The Morgan fingerprint density at radius 3 is 2.84 bits per heavy atom. The van der Waals surface area contributed by atoms with Crippen molar-refractivity contribution in [3.05, 3.63) is 36.7 Å². The van der Waals surface area contributed by atoms with Gasteiger partial charge in [0.25, 0.3) is 5.91 Å². The molecule has 2 aromatic heterocycles. The van der Waals surface area contributed by atoms with E-state index in [9.17, 15) is 4.79 Å². The molecule has 8 heteroatoms. The normalized spacial score (nSPS) is 20.4. The first-order valence-corrected chi connectivity index (χ1v) is 8.49. The van der Waals surface area contributed by atoms with Gasteiger partial charge in [-0.15, -0.1) is 0 Å². The minimum absolute atomic E-state index is 0.154. The Labute approximate surface area is 146 Å². The third-order valence-corrected chi connectivity index (χ3v) is 4.26. The van der Waals surface area contributed by atoms with E-state index in [0.717, 1.165) is 25.7 Å². The van der Waals surface area contributed by atoms with E-state index >= 15 is 0 Å². The van der Waals surface area contributed by atoms with Gasteiger partial charge in [0.1, 0.15) is 12.0 Å². The molecule has 1 fully saturated rings. The Hall–Kier alpha value is -2.32. The molecular weight excluding hydrogens is 322 g/mol. The van der Waals surface area contributed by atoms with Gasteiger partial charge in [-0.25, -0.2) is 15.0 Å². The average Bonchev–Trinajstić information content (AvgIpc) is 3.18. The molecular formula is C17H23N5O3. The molecule has 0 saturated heterocycles. The first-order valence-electron chi connectivity index (χ1n) is 8.49. The predicted molar refractivity (Wildman–Crippen MR) is 90.5 cm³/mol. The molecule has 1 aliphatic rings. The maximum Gasteiger partial charge on any atom is 0.270 e. The molecule has 1 amide bonds. The molecule has 1 N–H and O–H groups in total. The standard InChI is InChI=1S/C17H23N5O3/c1-24-10-11-25-14-4-2-13(3-5-14)20-16(23)15-6-7-19-17(21-15)22-9-8-18-12-22/h6-9,12-14H,2-5,10-11H2,1H3,(H,20,23)/t13-,14-. The highest BCUT2D eigenvalue weighted by atomic mass is 16.5. The molecule has 0 radical (unpaired) electrons. The number of amides is 1. The summed E-state index contributed by atoms with van der Waals surface area (Å²) in [7, 11) is 1.67. The summed E-state index contributed by atoms with van der Waals surface area (Å²) in [6.45, 7) is 1.24. The van der Waals surface area contributed by atoms with Crippen LogP contribution in [0.5, 0.6) is 0 Å². The molecule has 1 saturated carbocycles. The van der Waals surface area contributed by atoms with E-state index in [1.165, 1.54) is 0 Å². The summed E-state index contributed by atoms with van der Waals surface area (Å²) in [5.41, 5.74) is 0.358. The monoisotopic (exact) mass is 345 g/mol. The second-order valence-corrected chi connectivity index (χ2v) is 6.02. The third-order valence-electron chi connectivity index (χ3n) is 4.26. The van der Waals surface area contributed by atoms with Crippen molar-refractivity contribution in [1.82, 2.24) is 24.8 Å². The van der Waals surface area contributed by atoms with Crippen LogP contribution in [0.1, 0.15) is 36.2 Å². The summed E-state index contributed by atoms with van der Waals surface area (Å²) < 4.78 is 12.4. The molecule has 0 spiro atoms. The van der Waals surface area contributed by atoms with Gasteiger partial charge in [0.15, 0.2) is 0 Å². The predicted octanol–water partition coefficient (Wildman–Crippen LogP) is 1.37. The average molecular weight is 345 g/mol. The van der Waals surface area contributed by atoms with Crippen LogP contribution in [0.3, 0.4) is 0 Å². The van der Waals surface area contributed by atoms with Crippen molar-refractivity contribution in [2.24, 2.45) is 0 Å². The third kappa shape index (κ3) is 4.83. The lowest BCUT2D eigenvalue weighted by Crippen LogP contribution is -2.39. The van der Waals surface area contributed by atoms with Crippen LogP contribution in [0.4, 0.5) is 0 Å². The summed E-state index contributed by atoms with van der Waals surface area (Å²) in [4.78, 5) is 24.9. The van der Waals surface area contributed by atoms with Crippen LogP contribution in [0, 0.1) is 0 Å². The zero-order valence-electron chi connectivity index (χ0n) is 14.3. The Morgan fingerprint density at radius 1 is 1.28 bits per heavy atom. The van der Waals surface area contributed by atoms with Crippen molar-refractivity contribution >= 4 is 5.91 Å². The SMILES string of the molecule is COCCO[C@H]1CC[C@H](NC(=O)c2ccnc(-n3ccnc3)n2)CC1. The lowest BCUT2D eigenvalue weighted by atomic mass is 9.93. The number of ether oxygens (including phenoxy) is 2. The summed E-state index contributed by atoms with van der Waals surface area (Å²) in [6, 6.07) is 1.77. The zero-order chi connectivity index (χ0) is 17.5. The van der Waals surface area contributed by atoms with Gasteiger partial charge in [-0.05, 0) is 31.7 Å². The summed E-state index contributed by atoms with van der Waals surface area (Å²) in [5.74, 6) is 0.257. The highest BCUT2D eigenvalue weighted by Gasteiger charge is 2.23. The number of carbonyl (C=O) groups is 1. The molecule has 0 aromatic carbocycles. The van der Waals surface area contributed by atoms with E-state index < -0.39 is 0 Å².